The Morgan fingerprint density at radius 1 is 1.13 bits per heavy atom. The second-order valence-electron chi connectivity index (χ2n) is 8.38. The van der Waals surface area contributed by atoms with Crippen LogP contribution >= 0.6 is 11.3 Å². The van der Waals surface area contributed by atoms with Crippen LogP contribution in [-0.2, 0) is 31.2 Å². The van der Waals surface area contributed by atoms with Crippen LogP contribution in [0.3, 0.4) is 0 Å². The van der Waals surface area contributed by atoms with E-state index in [1.807, 2.05) is 22.7 Å². The van der Waals surface area contributed by atoms with Gasteiger partial charge in [0, 0.05) is 55.9 Å². The van der Waals surface area contributed by atoms with Gasteiger partial charge in [0.05, 0.1) is 17.1 Å². The summed E-state index contributed by atoms with van der Waals surface area (Å²) in [6.45, 7) is 8.16. The first-order valence-electron chi connectivity index (χ1n) is 10.8. The highest BCUT2D eigenvalue weighted by atomic mass is 32.1. The predicted octanol–water partition coefficient (Wildman–Crippen LogP) is 2.05. The lowest BCUT2D eigenvalue weighted by Crippen LogP contribution is -2.50. The first-order valence-corrected chi connectivity index (χ1v) is 11.6. The van der Waals surface area contributed by atoms with Gasteiger partial charge in [0.15, 0.2) is 0 Å². The molecule has 1 aliphatic heterocycles. The van der Waals surface area contributed by atoms with Crippen molar-refractivity contribution >= 4 is 23.2 Å². The van der Waals surface area contributed by atoms with Crippen molar-refractivity contribution in [3.8, 4) is 0 Å². The number of hydrogen-bond acceptors (Lipinski definition) is 5. The molecule has 162 valence electrons. The van der Waals surface area contributed by atoms with Crippen LogP contribution < -0.4 is 5.32 Å². The number of carbonyl (C=O) groups excluding carboxylic acids is 2. The molecule has 3 heterocycles. The van der Waals surface area contributed by atoms with E-state index in [2.05, 4.69) is 29.2 Å². The molecule has 0 unspecified atom stereocenters. The highest BCUT2D eigenvalue weighted by molar-refractivity contribution is 7.14. The fraction of sp³-hybridized carbons (Fsp3) is 0.591. The molecule has 2 aromatic rings. The van der Waals surface area contributed by atoms with Gasteiger partial charge in [-0.25, -0.2) is 0 Å². The molecule has 4 rings (SSSR count). The Kier molecular flexibility index (Phi) is 6.24. The Labute approximate surface area is 182 Å². The zero-order valence-corrected chi connectivity index (χ0v) is 19.0. The first kappa shape index (κ1) is 21.1. The molecule has 2 aromatic heterocycles. The Morgan fingerprint density at radius 2 is 1.87 bits per heavy atom. The maximum Gasteiger partial charge on any atom is 0.261 e. The smallest absolute Gasteiger partial charge is 0.261 e. The minimum atomic E-state index is -0.121. The van der Waals surface area contributed by atoms with Gasteiger partial charge in [-0.1, -0.05) is 0 Å². The third-order valence-electron chi connectivity index (χ3n) is 6.39. The van der Waals surface area contributed by atoms with Gasteiger partial charge in [-0.3, -0.25) is 19.2 Å². The number of fused-ring (bicyclic) bond motifs is 1. The van der Waals surface area contributed by atoms with Gasteiger partial charge in [0.1, 0.15) is 0 Å². The van der Waals surface area contributed by atoms with Crippen molar-refractivity contribution in [1.82, 2.24) is 24.9 Å². The van der Waals surface area contributed by atoms with Crippen LogP contribution in [0.5, 0.6) is 0 Å². The lowest BCUT2D eigenvalue weighted by atomic mass is 9.99. The molecule has 0 saturated carbocycles. The molecule has 2 aliphatic rings. The molecule has 0 bridgehead atoms. The van der Waals surface area contributed by atoms with Gasteiger partial charge < -0.3 is 10.2 Å². The molecule has 1 saturated heterocycles. The Bertz CT molecular complexity index is 916. The highest BCUT2D eigenvalue weighted by Crippen LogP contribution is 2.29. The summed E-state index contributed by atoms with van der Waals surface area (Å²) in [4.78, 5) is 31.4. The molecule has 0 atom stereocenters. The number of aromatic nitrogens is 2. The molecule has 8 heteroatoms. The average Bonchev–Trinajstić information content (AvgIpc) is 3.29. The summed E-state index contributed by atoms with van der Waals surface area (Å²) < 4.78 is 1.93. The predicted molar refractivity (Wildman–Crippen MR) is 118 cm³/mol. The molecule has 0 spiro atoms. The summed E-state index contributed by atoms with van der Waals surface area (Å²) in [5, 5.41) is 7.32. The van der Waals surface area contributed by atoms with Crippen LogP contribution in [0, 0.1) is 13.8 Å². The van der Waals surface area contributed by atoms with Crippen molar-refractivity contribution in [3.63, 3.8) is 0 Å². The van der Waals surface area contributed by atoms with E-state index in [0.717, 1.165) is 43.0 Å². The molecular formula is C22H31N5O2S. The van der Waals surface area contributed by atoms with E-state index in [1.165, 1.54) is 34.5 Å². The number of aryl methyl sites for hydroxylation is 4. The normalized spacial score (nSPS) is 17.1. The van der Waals surface area contributed by atoms with Crippen molar-refractivity contribution < 1.29 is 9.59 Å². The standard InChI is InChI=1S/C22H31N5O2S/c1-15-18(16(2)25(3)24-15)14-26-8-10-27(11-9-26)21(28)13-23-22(29)20-12-17-6-4-5-7-19(17)30-20/h12H,4-11,13-14H2,1-3H3,(H,23,29). The highest BCUT2D eigenvalue weighted by Gasteiger charge is 2.24. The van der Waals surface area contributed by atoms with Crippen molar-refractivity contribution in [3.05, 3.63) is 38.3 Å². The van der Waals surface area contributed by atoms with E-state index < -0.39 is 0 Å². The summed E-state index contributed by atoms with van der Waals surface area (Å²) in [7, 11) is 1.97. The van der Waals surface area contributed by atoms with E-state index in [9.17, 15) is 9.59 Å². The number of nitrogens with one attached hydrogen (secondary N) is 1. The minimum Gasteiger partial charge on any atom is -0.342 e. The third kappa shape index (κ3) is 4.44. The van der Waals surface area contributed by atoms with Crippen LogP contribution in [0.4, 0.5) is 0 Å². The molecule has 1 N–H and O–H groups in total. The molecule has 1 aliphatic carbocycles. The Balaban J connectivity index is 1.24. The molecule has 0 aromatic carbocycles. The van der Waals surface area contributed by atoms with E-state index in [1.54, 1.807) is 11.3 Å². The molecule has 2 amide bonds. The van der Waals surface area contributed by atoms with E-state index in [0.29, 0.717) is 13.1 Å². The van der Waals surface area contributed by atoms with Crippen LogP contribution in [0.1, 0.15) is 49.9 Å². The van der Waals surface area contributed by atoms with E-state index in [4.69, 9.17) is 0 Å². The molecule has 0 radical (unpaired) electrons. The zero-order chi connectivity index (χ0) is 21.3. The number of thiophene rings is 1. The largest absolute Gasteiger partial charge is 0.342 e. The fourth-order valence-electron chi connectivity index (χ4n) is 4.38. The summed E-state index contributed by atoms with van der Waals surface area (Å²) in [5.41, 5.74) is 4.87. The summed E-state index contributed by atoms with van der Waals surface area (Å²) >= 11 is 1.59. The van der Waals surface area contributed by atoms with Crippen LogP contribution in [0.2, 0.25) is 0 Å². The topological polar surface area (TPSA) is 70.5 Å². The maximum absolute atomic E-state index is 12.6. The van der Waals surface area contributed by atoms with Gasteiger partial charge in [0.25, 0.3) is 5.91 Å². The van der Waals surface area contributed by atoms with Gasteiger partial charge >= 0.3 is 0 Å². The van der Waals surface area contributed by atoms with E-state index in [-0.39, 0.29) is 18.4 Å². The number of rotatable bonds is 5. The summed E-state index contributed by atoms with van der Waals surface area (Å²) in [5.74, 6) is -0.123. The van der Waals surface area contributed by atoms with Crippen molar-refractivity contribution in [2.75, 3.05) is 32.7 Å². The summed E-state index contributed by atoms with van der Waals surface area (Å²) in [6.07, 6.45) is 4.56. The second-order valence-corrected chi connectivity index (χ2v) is 9.52. The lowest BCUT2D eigenvalue weighted by molar-refractivity contribution is -0.131. The number of hydrogen-bond donors (Lipinski definition) is 1. The van der Waals surface area contributed by atoms with Crippen molar-refractivity contribution in [1.29, 1.82) is 0 Å². The van der Waals surface area contributed by atoms with Gasteiger partial charge in [-0.2, -0.15) is 5.10 Å². The van der Waals surface area contributed by atoms with Crippen LogP contribution in [0.15, 0.2) is 6.07 Å². The van der Waals surface area contributed by atoms with Crippen molar-refractivity contribution in [2.24, 2.45) is 7.05 Å². The Morgan fingerprint density at radius 3 is 2.53 bits per heavy atom. The number of carbonyl (C=O) groups is 2. The molecule has 1 fully saturated rings. The maximum atomic E-state index is 12.6. The second kappa shape index (κ2) is 8.89. The van der Waals surface area contributed by atoms with Crippen LogP contribution in [-0.4, -0.2) is 64.1 Å². The van der Waals surface area contributed by atoms with Gasteiger partial charge in [-0.05, 0) is 51.2 Å². The van der Waals surface area contributed by atoms with Crippen LogP contribution in [0.25, 0.3) is 0 Å². The monoisotopic (exact) mass is 429 g/mol. The van der Waals surface area contributed by atoms with Gasteiger partial charge in [-0.15, -0.1) is 11.3 Å². The van der Waals surface area contributed by atoms with E-state index >= 15 is 0 Å². The molecular weight excluding hydrogens is 398 g/mol. The fourth-order valence-corrected chi connectivity index (χ4v) is 5.55. The number of amides is 2. The SMILES string of the molecule is Cc1nn(C)c(C)c1CN1CCN(C(=O)CNC(=O)c2cc3c(s2)CCCC3)CC1. The third-order valence-corrected chi connectivity index (χ3v) is 7.62. The van der Waals surface area contributed by atoms with Gasteiger partial charge in [0.2, 0.25) is 5.91 Å². The zero-order valence-electron chi connectivity index (χ0n) is 18.2. The lowest BCUT2D eigenvalue weighted by Gasteiger charge is -2.34. The molecule has 30 heavy (non-hydrogen) atoms. The average molecular weight is 430 g/mol. The first-order chi connectivity index (χ1) is 14.4. The minimum absolute atomic E-state index is 0.00180. The Hall–Kier alpha value is -2.19. The molecule has 7 nitrogen and oxygen atoms in total. The van der Waals surface area contributed by atoms with Crippen molar-refractivity contribution in [2.45, 2.75) is 46.1 Å². The number of nitrogens with zero attached hydrogens (tertiary/aromatic N) is 4. The number of piperazine rings is 1. The quantitative estimate of drug-likeness (QED) is 0.790. The summed E-state index contributed by atoms with van der Waals surface area (Å²) in [6, 6.07) is 2.01.